The summed E-state index contributed by atoms with van der Waals surface area (Å²) in [5.41, 5.74) is 0. The van der Waals surface area contributed by atoms with E-state index in [4.69, 9.17) is 9.47 Å². The molecular weight excluding hydrogens is 272 g/mol. The van der Waals surface area contributed by atoms with Crippen molar-refractivity contribution in [3.05, 3.63) is 60.7 Å². The van der Waals surface area contributed by atoms with Gasteiger partial charge in [0.1, 0.15) is 11.5 Å². The van der Waals surface area contributed by atoms with Gasteiger partial charge in [-0.05, 0) is 24.3 Å². The summed E-state index contributed by atoms with van der Waals surface area (Å²) in [6.07, 6.45) is 2.13. The maximum absolute atomic E-state index is 5.56. The van der Waals surface area contributed by atoms with Gasteiger partial charge in [-0.3, -0.25) is 0 Å². The molecule has 0 heterocycles. The SMILES string of the molecule is CC.CCC.c1ccc(OCCCOc2ccccc2)cc1. The van der Waals surface area contributed by atoms with E-state index in [0.717, 1.165) is 17.9 Å². The van der Waals surface area contributed by atoms with Crippen molar-refractivity contribution in [2.75, 3.05) is 13.2 Å². The van der Waals surface area contributed by atoms with Gasteiger partial charge in [0.25, 0.3) is 0 Å². The lowest BCUT2D eigenvalue weighted by Crippen LogP contribution is -2.04. The summed E-state index contributed by atoms with van der Waals surface area (Å²) in [5.74, 6) is 1.82. The predicted molar refractivity (Wildman–Crippen MR) is 95.8 cm³/mol. The van der Waals surface area contributed by atoms with Crippen molar-refractivity contribution in [2.45, 2.75) is 40.5 Å². The van der Waals surface area contributed by atoms with E-state index in [1.54, 1.807) is 0 Å². The van der Waals surface area contributed by atoms with E-state index >= 15 is 0 Å². The molecule has 0 radical (unpaired) electrons. The number of para-hydroxylation sites is 2. The summed E-state index contributed by atoms with van der Waals surface area (Å²) in [4.78, 5) is 0. The first kappa shape index (κ1) is 20.0. The monoisotopic (exact) mass is 302 g/mol. The number of hydrogen-bond acceptors (Lipinski definition) is 2. The Labute approximate surface area is 136 Å². The molecule has 122 valence electrons. The number of benzene rings is 2. The van der Waals surface area contributed by atoms with Crippen LogP contribution in [0.4, 0.5) is 0 Å². The minimum atomic E-state index is 0.677. The molecule has 0 saturated heterocycles. The number of ether oxygens (including phenoxy) is 2. The van der Waals surface area contributed by atoms with Gasteiger partial charge in [-0.25, -0.2) is 0 Å². The first-order chi connectivity index (χ1) is 10.9. The van der Waals surface area contributed by atoms with Crippen LogP contribution < -0.4 is 9.47 Å². The van der Waals surface area contributed by atoms with Gasteiger partial charge in [-0.2, -0.15) is 0 Å². The van der Waals surface area contributed by atoms with Crippen molar-refractivity contribution in [3.63, 3.8) is 0 Å². The van der Waals surface area contributed by atoms with Crippen LogP contribution in [0.5, 0.6) is 11.5 Å². The van der Waals surface area contributed by atoms with E-state index in [1.807, 2.05) is 74.5 Å². The maximum Gasteiger partial charge on any atom is 0.119 e. The number of rotatable bonds is 6. The maximum atomic E-state index is 5.56. The summed E-state index contributed by atoms with van der Waals surface area (Å²) < 4.78 is 11.1. The topological polar surface area (TPSA) is 18.5 Å². The normalized spacial score (nSPS) is 8.73. The molecule has 2 aromatic carbocycles. The minimum absolute atomic E-state index is 0.677. The summed E-state index contributed by atoms with van der Waals surface area (Å²) in [6, 6.07) is 19.7. The smallest absolute Gasteiger partial charge is 0.119 e. The molecule has 22 heavy (non-hydrogen) atoms. The second-order valence-electron chi connectivity index (χ2n) is 4.38. The molecule has 0 amide bonds. The van der Waals surface area contributed by atoms with Crippen LogP contribution in [0.3, 0.4) is 0 Å². The van der Waals surface area contributed by atoms with Gasteiger partial charge >= 0.3 is 0 Å². The standard InChI is InChI=1S/C15H16O2.C3H8.C2H6/c1-3-8-14(9-4-1)16-12-7-13-17-15-10-5-2-6-11-15;1-3-2;1-2/h1-6,8-11H,7,12-13H2;3H2,1-2H3;1-2H3. The molecule has 0 N–H and O–H groups in total. The summed E-state index contributed by atoms with van der Waals surface area (Å²) in [7, 11) is 0. The molecule has 0 aliphatic rings. The Kier molecular flexibility index (Phi) is 14.1. The second-order valence-corrected chi connectivity index (χ2v) is 4.38. The van der Waals surface area contributed by atoms with Crippen LogP contribution in [-0.2, 0) is 0 Å². The third kappa shape index (κ3) is 10.8. The predicted octanol–water partition coefficient (Wildman–Crippen LogP) is 5.98. The Hall–Kier alpha value is -1.96. The van der Waals surface area contributed by atoms with E-state index in [0.29, 0.717) is 13.2 Å². The van der Waals surface area contributed by atoms with E-state index < -0.39 is 0 Å². The van der Waals surface area contributed by atoms with Crippen molar-refractivity contribution in [1.82, 2.24) is 0 Å². The molecule has 0 atom stereocenters. The van der Waals surface area contributed by atoms with Gasteiger partial charge in [0, 0.05) is 6.42 Å². The molecular formula is C20H30O2. The van der Waals surface area contributed by atoms with Crippen LogP contribution >= 0.6 is 0 Å². The van der Waals surface area contributed by atoms with Crippen molar-refractivity contribution < 1.29 is 9.47 Å². The molecule has 2 rings (SSSR count). The Balaban J connectivity index is 0.000000789. The second kappa shape index (κ2) is 15.4. The fraction of sp³-hybridized carbons (Fsp3) is 0.400. The van der Waals surface area contributed by atoms with Gasteiger partial charge in [0.2, 0.25) is 0 Å². The molecule has 2 nitrogen and oxygen atoms in total. The van der Waals surface area contributed by atoms with Gasteiger partial charge in [0.15, 0.2) is 0 Å². The lowest BCUT2D eigenvalue weighted by molar-refractivity contribution is 0.247. The van der Waals surface area contributed by atoms with Gasteiger partial charge in [0.05, 0.1) is 13.2 Å². The van der Waals surface area contributed by atoms with Crippen LogP contribution in [0.1, 0.15) is 40.5 Å². The van der Waals surface area contributed by atoms with Crippen LogP contribution in [0.15, 0.2) is 60.7 Å². The van der Waals surface area contributed by atoms with Crippen molar-refractivity contribution in [1.29, 1.82) is 0 Å². The molecule has 0 unspecified atom stereocenters. The molecule has 0 aromatic heterocycles. The average molecular weight is 302 g/mol. The quantitative estimate of drug-likeness (QED) is 0.611. The first-order valence-electron chi connectivity index (χ1n) is 8.22. The highest BCUT2D eigenvalue weighted by Crippen LogP contribution is 2.10. The molecule has 0 aliphatic carbocycles. The lowest BCUT2D eigenvalue weighted by atomic mass is 10.3. The zero-order valence-corrected chi connectivity index (χ0v) is 14.4. The minimum Gasteiger partial charge on any atom is -0.493 e. The zero-order valence-electron chi connectivity index (χ0n) is 14.4. The van der Waals surface area contributed by atoms with E-state index in [9.17, 15) is 0 Å². The number of hydrogen-bond donors (Lipinski definition) is 0. The highest BCUT2D eigenvalue weighted by Gasteiger charge is 1.93. The van der Waals surface area contributed by atoms with Crippen molar-refractivity contribution in [2.24, 2.45) is 0 Å². The highest BCUT2D eigenvalue weighted by molar-refractivity contribution is 5.21. The Morgan fingerprint density at radius 2 is 0.955 bits per heavy atom. The molecule has 0 bridgehead atoms. The molecule has 0 fully saturated rings. The molecule has 2 heteroatoms. The average Bonchev–Trinajstić information content (AvgIpc) is 2.59. The van der Waals surface area contributed by atoms with Crippen LogP contribution in [-0.4, -0.2) is 13.2 Å². The fourth-order valence-electron chi connectivity index (χ4n) is 1.47. The van der Waals surface area contributed by atoms with E-state index in [-0.39, 0.29) is 0 Å². The van der Waals surface area contributed by atoms with Gasteiger partial charge in [-0.15, -0.1) is 0 Å². The van der Waals surface area contributed by atoms with E-state index in [1.165, 1.54) is 6.42 Å². The van der Waals surface area contributed by atoms with Crippen LogP contribution in [0.25, 0.3) is 0 Å². The lowest BCUT2D eigenvalue weighted by Gasteiger charge is -2.07. The molecule has 0 aliphatic heterocycles. The van der Waals surface area contributed by atoms with Crippen LogP contribution in [0, 0.1) is 0 Å². The Morgan fingerprint density at radius 3 is 1.27 bits per heavy atom. The largest absolute Gasteiger partial charge is 0.493 e. The third-order valence-corrected chi connectivity index (χ3v) is 2.31. The fourth-order valence-corrected chi connectivity index (χ4v) is 1.47. The van der Waals surface area contributed by atoms with Crippen molar-refractivity contribution in [3.8, 4) is 11.5 Å². The third-order valence-electron chi connectivity index (χ3n) is 2.31. The van der Waals surface area contributed by atoms with Crippen LogP contribution in [0.2, 0.25) is 0 Å². The Bertz CT molecular complexity index is 384. The summed E-state index contributed by atoms with van der Waals surface area (Å²) in [6.45, 7) is 9.60. The van der Waals surface area contributed by atoms with E-state index in [2.05, 4.69) is 13.8 Å². The zero-order chi connectivity index (χ0) is 16.5. The highest BCUT2D eigenvalue weighted by atomic mass is 16.5. The molecule has 0 spiro atoms. The summed E-state index contributed by atoms with van der Waals surface area (Å²) in [5, 5.41) is 0. The molecule has 2 aromatic rings. The molecule has 0 saturated carbocycles. The summed E-state index contributed by atoms with van der Waals surface area (Å²) >= 11 is 0. The first-order valence-corrected chi connectivity index (χ1v) is 8.22. The van der Waals surface area contributed by atoms with Crippen molar-refractivity contribution >= 4 is 0 Å². The van der Waals surface area contributed by atoms with Gasteiger partial charge in [-0.1, -0.05) is 70.5 Å². The van der Waals surface area contributed by atoms with Gasteiger partial charge < -0.3 is 9.47 Å². The Morgan fingerprint density at radius 1 is 0.636 bits per heavy atom.